The second-order valence-electron chi connectivity index (χ2n) is 4.29. The molecule has 2 aromatic carbocycles. The first-order valence-corrected chi connectivity index (χ1v) is 7.24. The van der Waals surface area contributed by atoms with E-state index in [9.17, 15) is 4.79 Å². The smallest absolute Gasteiger partial charge is 0.335 e. The van der Waals surface area contributed by atoms with Gasteiger partial charge in [0.1, 0.15) is 0 Å². The van der Waals surface area contributed by atoms with Gasteiger partial charge in [0.05, 0.1) is 22.0 Å². The Bertz CT molecular complexity index is 717. The number of benzene rings is 2. The van der Waals surface area contributed by atoms with E-state index in [1.807, 2.05) is 31.2 Å². The van der Waals surface area contributed by atoms with Crippen LogP contribution in [0.2, 0.25) is 5.02 Å². The van der Waals surface area contributed by atoms with E-state index in [1.54, 1.807) is 0 Å². The molecule has 108 valence electrons. The van der Waals surface area contributed by atoms with Crippen LogP contribution in [0, 0.1) is 0 Å². The first kappa shape index (κ1) is 15.5. The molecular weight excluding hydrogens is 356 g/mol. The Kier molecular flexibility index (Phi) is 4.98. The standard InChI is InChI=1S/C15H12BrClN2O2/c1-9(11-4-2-3-5-12(11)16)18-19-14-8-10(15(20)21)6-7-13(14)17/h2-8,19H,1H3,(H,20,21)/b18-9+. The molecule has 0 fully saturated rings. The summed E-state index contributed by atoms with van der Waals surface area (Å²) in [5.41, 5.74) is 5.09. The maximum Gasteiger partial charge on any atom is 0.335 e. The molecule has 0 unspecified atom stereocenters. The van der Waals surface area contributed by atoms with E-state index in [4.69, 9.17) is 16.7 Å². The summed E-state index contributed by atoms with van der Waals surface area (Å²) in [4.78, 5) is 11.0. The third-order valence-corrected chi connectivity index (χ3v) is 3.84. The lowest BCUT2D eigenvalue weighted by atomic mass is 10.1. The minimum Gasteiger partial charge on any atom is -0.478 e. The summed E-state index contributed by atoms with van der Waals surface area (Å²) in [7, 11) is 0. The van der Waals surface area contributed by atoms with E-state index in [0.717, 1.165) is 15.7 Å². The van der Waals surface area contributed by atoms with Crippen LogP contribution in [0.15, 0.2) is 52.0 Å². The first-order valence-electron chi connectivity index (χ1n) is 6.07. The molecule has 2 rings (SSSR count). The molecule has 0 spiro atoms. The van der Waals surface area contributed by atoms with Gasteiger partial charge >= 0.3 is 5.97 Å². The van der Waals surface area contributed by atoms with Gasteiger partial charge in [-0.1, -0.05) is 45.7 Å². The van der Waals surface area contributed by atoms with Gasteiger partial charge in [-0.15, -0.1) is 0 Å². The van der Waals surface area contributed by atoms with E-state index >= 15 is 0 Å². The quantitative estimate of drug-likeness (QED) is 0.611. The predicted molar refractivity (Wildman–Crippen MR) is 88.4 cm³/mol. The normalized spacial score (nSPS) is 11.3. The number of carbonyl (C=O) groups is 1. The topological polar surface area (TPSA) is 61.7 Å². The summed E-state index contributed by atoms with van der Waals surface area (Å²) < 4.78 is 0.929. The van der Waals surface area contributed by atoms with E-state index in [0.29, 0.717) is 10.7 Å². The van der Waals surface area contributed by atoms with Crippen molar-refractivity contribution in [2.75, 3.05) is 5.43 Å². The number of hydrogen-bond donors (Lipinski definition) is 2. The molecule has 0 bridgehead atoms. The minimum absolute atomic E-state index is 0.149. The number of anilines is 1. The van der Waals surface area contributed by atoms with Crippen LogP contribution in [0.5, 0.6) is 0 Å². The number of hydrogen-bond acceptors (Lipinski definition) is 3. The van der Waals surface area contributed by atoms with Gasteiger partial charge in [-0.25, -0.2) is 4.79 Å². The summed E-state index contributed by atoms with van der Waals surface area (Å²) in [6.45, 7) is 1.85. The van der Waals surface area contributed by atoms with Crippen molar-refractivity contribution in [2.24, 2.45) is 5.10 Å². The maximum atomic E-state index is 11.0. The molecule has 2 N–H and O–H groups in total. The Balaban J connectivity index is 2.26. The molecule has 0 atom stereocenters. The van der Waals surface area contributed by atoms with Crippen LogP contribution < -0.4 is 5.43 Å². The van der Waals surface area contributed by atoms with Gasteiger partial charge in [0, 0.05) is 10.0 Å². The zero-order chi connectivity index (χ0) is 15.4. The van der Waals surface area contributed by atoms with Gasteiger partial charge in [-0.3, -0.25) is 5.43 Å². The molecule has 0 saturated carbocycles. The fourth-order valence-corrected chi connectivity index (χ4v) is 2.43. The van der Waals surface area contributed by atoms with Crippen LogP contribution in [0.3, 0.4) is 0 Å². The Morgan fingerprint density at radius 1 is 1.29 bits per heavy atom. The Morgan fingerprint density at radius 2 is 2.00 bits per heavy atom. The summed E-state index contributed by atoms with van der Waals surface area (Å²) in [6.07, 6.45) is 0. The molecule has 0 aliphatic heterocycles. The maximum absolute atomic E-state index is 11.0. The number of carboxylic acid groups (broad SMARTS) is 1. The van der Waals surface area contributed by atoms with Gasteiger partial charge in [0.25, 0.3) is 0 Å². The van der Waals surface area contributed by atoms with Crippen molar-refractivity contribution in [3.05, 3.63) is 63.1 Å². The highest BCUT2D eigenvalue weighted by molar-refractivity contribution is 9.10. The fraction of sp³-hybridized carbons (Fsp3) is 0.0667. The molecule has 0 radical (unpaired) electrons. The molecule has 0 amide bonds. The van der Waals surface area contributed by atoms with Crippen molar-refractivity contribution in [1.82, 2.24) is 0 Å². The molecule has 0 aromatic heterocycles. The summed E-state index contributed by atoms with van der Waals surface area (Å²) in [6, 6.07) is 12.1. The largest absolute Gasteiger partial charge is 0.478 e. The predicted octanol–water partition coefficient (Wildman–Crippen LogP) is 4.64. The van der Waals surface area contributed by atoms with Crippen LogP contribution in [-0.4, -0.2) is 16.8 Å². The van der Waals surface area contributed by atoms with Crippen LogP contribution in [-0.2, 0) is 0 Å². The second-order valence-corrected chi connectivity index (χ2v) is 5.55. The van der Waals surface area contributed by atoms with E-state index in [2.05, 4.69) is 26.5 Å². The van der Waals surface area contributed by atoms with Gasteiger partial charge in [0.15, 0.2) is 0 Å². The molecular formula is C15H12BrClN2O2. The zero-order valence-electron chi connectivity index (χ0n) is 11.1. The van der Waals surface area contributed by atoms with E-state index in [-0.39, 0.29) is 5.56 Å². The Labute approximate surface area is 135 Å². The van der Waals surface area contributed by atoms with Crippen LogP contribution in [0.1, 0.15) is 22.8 Å². The molecule has 0 aliphatic rings. The van der Waals surface area contributed by atoms with Gasteiger partial charge < -0.3 is 5.11 Å². The van der Waals surface area contributed by atoms with Crippen molar-refractivity contribution >= 4 is 44.9 Å². The third kappa shape index (κ3) is 3.83. The fourth-order valence-electron chi connectivity index (χ4n) is 1.70. The highest BCUT2D eigenvalue weighted by Gasteiger charge is 2.07. The average molecular weight is 368 g/mol. The van der Waals surface area contributed by atoms with Gasteiger partial charge in [-0.2, -0.15) is 5.10 Å². The Morgan fingerprint density at radius 3 is 2.67 bits per heavy atom. The van der Waals surface area contributed by atoms with Gasteiger partial charge in [0.2, 0.25) is 0 Å². The third-order valence-electron chi connectivity index (χ3n) is 2.82. The minimum atomic E-state index is -1.01. The molecule has 0 heterocycles. The van der Waals surface area contributed by atoms with Crippen molar-refractivity contribution in [1.29, 1.82) is 0 Å². The van der Waals surface area contributed by atoms with Crippen LogP contribution in [0.25, 0.3) is 0 Å². The summed E-state index contributed by atoms with van der Waals surface area (Å²) >= 11 is 9.48. The first-order chi connectivity index (χ1) is 9.99. The second kappa shape index (κ2) is 6.74. The zero-order valence-corrected chi connectivity index (χ0v) is 13.4. The van der Waals surface area contributed by atoms with Crippen molar-refractivity contribution in [3.8, 4) is 0 Å². The Hall–Kier alpha value is -1.85. The van der Waals surface area contributed by atoms with Gasteiger partial charge in [-0.05, 0) is 31.2 Å². The highest BCUT2D eigenvalue weighted by Crippen LogP contribution is 2.24. The monoisotopic (exact) mass is 366 g/mol. The lowest BCUT2D eigenvalue weighted by molar-refractivity contribution is 0.0697. The number of nitrogens with zero attached hydrogens (tertiary/aromatic N) is 1. The molecule has 2 aromatic rings. The van der Waals surface area contributed by atoms with E-state index < -0.39 is 5.97 Å². The molecule has 0 aliphatic carbocycles. The number of aromatic carboxylic acids is 1. The van der Waals surface area contributed by atoms with Crippen molar-refractivity contribution in [3.63, 3.8) is 0 Å². The molecule has 4 nitrogen and oxygen atoms in total. The number of hydrazone groups is 1. The SMILES string of the molecule is C/C(=N\Nc1cc(C(=O)O)ccc1Cl)c1ccccc1Br. The van der Waals surface area contributed by atoms with E-state index in [1.165, 1.54) is 18.2 Å². The van der Waals surface area contributed by atoms with Crippen molar-refractivity contribution in [2.45, 2.75) is 6.92 Å². The lowest BCUT2D eigenvalue weighted by Crippen LogP contribution is -2.02. The number of nitrogens with one attached hydrogen (secondary N) is 1. The highest BCUT2D eigenvalue weighted by atomic mass is 79.9. The summed E-state index contributed by atoms with van der Waals surface area (Å²) in [5, 5.41) is 13.6. The van der Waals surface area contributed by atoms with Crippen molar-refractivity contribution < 1.29 is 9.90 Å². The summed E-state index contributed by atoms with van der Waals surface area (Å²) in [5.74, 6) is -1.01. The number of rotatable bonds is 4. The lowest BCUT2D eigenvalue weighted by Gasteiger charge is -2.07. The van der Waals surface area contributed by atoms with Crippen LogP contribution >= 0.6 is 27.5 Å². The number of carboxylic acids is 1. The molecule has 0 saturated heterocycles. The number of halogens is 2. The molecule has 21 heavy (non-hydrogen) atoms. The average Bonchev–Trinajstić information content (AvgIpc) is 2.46. The van der Waals surface area contributed by atoms with Crippen LogP contribution in [0.4, 0.5) is 5.69 Å². The molecule has 6 heteroatoms.